The van der Waals surface area contributed by atoms with E-state index in [-0.39, 0.29) is 17.9 Å². The normalized spacial score (nSPS) is 29.1. The lowest BCUT2D eigenvalue weighted by molar-refractivity contribution is 0.0661. The molecule has 1 aromatic rings. The molecule has 0 aliphatic carbocycles. The summed E-state index contributed by atoms with van der Waals surface area (Å²) in [7, 11) is -3.12. The highest BCUT2D eigenvalue weighted by Gasteiger charge is 2.42. The molecule has 1 saturated heterocycles. The number of hydrogen-bond donors (Lipinski definition) is 2. The number of anilines is 1. The van der Waals surface area contributed by atoms with Gasteiger partial charge in [0.25, 0.3) is 0 Å². The Balaban J connectivity index is 2.44. The van der Waals surface area contributed by atoms with Crippen LogP contribution in [0.25, 0.3) is 0 Å². The molecule has 0 radical (unpaired) electrons. The van der Waals surface area contributed by atoms with Crippen molar-refractivity contribution in [2.24, 2.45) is 0 Å². The van der Waals surface area contributed by atoms with E-state index in [4.69, 9.17) is 5.73 Å². The van der Waals surface area contributed by atoms with Crippen molar-refractivity contribution in [3.05, 3.63) is 29.8 Å². The van der Waals surface area contributed by atoms with Gasteiger partial charge in [-0.05, 0) is 12.5 Å². The fourth-order valence-corrected chi connectivity index (χ4v) is 3.79. The third-order valence-electron chi connectivity index (χ3n) is 2.75. The van der Waals surface area contributed by atoms with Gasteiger partial charge in [0.1, 0.15) is 5.60 Å². The van der Waals surface area contributed by atoms with Crippen molar-refractivity contribution in [2.75, 3.05) is 17.2 Å². The molecule has 0 aromatic heterocycles. The highest BCUT2D eigenvalue weighted by Crippen LogP contribution is 2.36. The lowest BCUT2D eigenvalue weighted by Crippen LogP contribution is -2.28. The average Bonchev–Trinajstić information content (AvgIpc) is 2.42. The van der Waals surface area contributed by atoms with Crippen molar-refractivity contribution in [2.45, 2.75) is 12.0 Å². The zero-order valence-electron chi connectivity index (χ0n) is 8.18. The van der Waals surface area contributed by atoms with E-state index in [2.05, 4.69) is 0 Å². The van der Waals surface area contributed by atoms with Crippen molar-refractivity contribution in [3.63, 3.8) is 0 Å². The Hall–Kier alpha value is -1.07. The van der Waals surface area contributed by atoms with E-state index in [1.165, 1.54) is 0 Å². The van der Waals surface area contributed by atoms with Gasteiger partial charge in [-0.3, -0.25) is 0 Å². The predicted octanol–water partition coefficient (Wildman–Crippen LogP) is 0.275. The Bertz CT molecular complexity index is 483. The van der Waals surface area contributed by atoms with E-state index in [1.807, 2.05) is 0 Å². The molecule has 82 valence electrons. The lowest BCUT2D eigenvalue weighted by Gasteiger charge is -2.22. The summed E-state index contributed by atoms with van der Waals surface area (Å²) in [5.41, 5.74) is 5.38. The van der Waals surface area contributed by atoms with Crippen LogP contribution in [0.5, 0.6) is 0 Å². The molecule has 1 atom stereocenters. The van der Waals surface area contributed by atoms with Gasteiger partial charge in [0.15, 0.2) is 9.84 Å². The number of sulfone groups is 1. The van der Waals surface area contributed by atoms with Crippen molar-refractivity contribution >= 4 is 15.5 Å². The van der Waals surface area contributed by atoms with E-state index in [9.17, 15) is 13.5 Å². The predicted molar refractivity (Wildman–Crippen MR) is 58.0 cm³/mol. The van der Waals surface area contributed by atoms with Crippen LogP contribution in [-0.4, -0.2) is 25.0 Å². The molecule has 1 fully saturated rings. The minimum Gasteiger partial charge on any atom is -0.398 e. The molecule has 0 bridgehead atoms. The van der Waals surface area contributed by atoms with Crippen molar-refractivity contribution < 1.29 is 13.5 Å². The van der Waals surface area contributed by atoms with Crippen LogP contribution < -0.4 is 5.73 Å². The molecule has 1 aliphatic rings. The first-order valence-corrected chi connectivity index (χ1v) is 6.53. The van der Waals surface area contributed by atoms with Crippen LogP contribution in [0, 0.1) is 0 Å². The Morgan fingerprint density at radius 1 is 1.33 bits per heavy atom. The third kappa shape index (κ3) is 1.85. The number of para-hydroxylation sites is 1. The number of hydrogen-bond acceptors (Lipinski definition) is 4. The van der Waals surface area contributed by atoms with Gasteiger partial charge in [0, 0.05) is 11.3 Å². The molecule has 1 heterocycles. The number of aliphatic hydroxyl groups is 1. The molecule has 5 heteroatoms. The van der Waals surface area contributed by atoms with Gasteiger partial charge in [-0.25, -0.2) is 8.42 Å². The fourth-order valence-electron chi connectivity index (χ4n) is 1.97. The Labute approximate surface area is 88.6 Å². The van der Waals surface area contributed by atoms with Crippen LogP contribution in [0.4, 0.5) is 5.69 Å². The minimum absolute atomic E-state index is 0.0256. The highest BCUT2D eigenvalue weighted by atomic mass is 32.2. The Morgan fingerprint density at radius 3 is 2.53 bits per heavy atom. The van der Waals surface area contributed by atoms with Crippen molar-refractivity contribution in [1.82, 2.24) is 0 Å². The van der Waals surface area contributed by atoms with Gasteiger partial charge in [-0.1, -0.05) is 18.2 Å². The molecule has 1 aliphatic heterocycles. The average molecular weight is 227 g/mol. The monoisotopic (exact) mass is 227 g/mol. The second kappa shape index (κ2) is 3.21. The van der Waals surface area contributed by atoms with Crippen molar-refractivity contribution in [1.29, 1.82) is 0 Å². The van der Waals surface area contributed by atoms with Crippen LogP contribution in [0.1, 0.15) is 12.0 Å². The van der Waals surface area contributed by atoms with E-state index >= 15 is 0 Å². The maximum atomic E-state index is 11.3. The van der Waals surface area contributed by atoms with E-state index in [1.54, 1.807) is 24.3 Å². The number of nitrogens with two attached hydrogens (primary N) is 1. The second-order valence-electron chi connectivity index (χ2n) is 3.96. The maximum absolute atomic E-state index is 11.3. The molecule has 15 heavy (non-hydrogen) atoms. The quantitative estimate of drug-likeness (QED) is 0.675. The fraction of sp³-hybridized carbons (Fsp3) is 0.400. The topological polar surface area (TPSA) is 80.4 Å². The highest BCUT2D eigenvalue weighted by molar-refractivity contribution is 7.91. The first-order chi connectivity index (χ1) is 6.93. The van der Waals surface area contributed by atoms with Crippen LogP contribution in [0.2, 0.25) is 0 Å². The molecule has 0 amide bonds. The summed E-state index contributed by atoms with van der Waals surface area (Å²) in [6.07, 6.45) is 0.226. The Kier molecular flexibility index (Phi) is 2.24. The SMILES string of the molecule is Nc1ccccc1C1(O)CCS(=O)(=O)C1. The van der Waals surface area contributed by atoms with E-state index < -0.39 is 15.4 Å². The minimum atomic E-state index is -3.12. The van der Waals surface area contributed by atoms with Crippen LogP contribution in [0.3, 0.4) is 0 Å². The molecular weight excluding hydrogens is 214 g/mol. The number of rotatable bonds is 1. The van der Waals surface area contributed by atoms with Crippen LogP contribution in [-0.2, 0) is 15.4 Å². The third-order valence-corrected chi connectivity index (χ3v) is 4.49. The van der Waals surface area contributed by atoms with Gasteiger partial charge >= 0.3 is 0 Å². The second-order valence-corrected chi connectivity index (χ2v) is 6.14. The molecule has 0 spiro atoms. The zero-order chi connectivity index (χ0) is 11.1. The summed E-state index contributed by atoms with van der Waals surface area (Å²) in [6, 6.07) is 6.84. The smallest absolute Gasteiger partial charge is 0.153 e. The summed E-state index contributed by atoms with van der Waals surface area (Å²) in [4.78, 5) is 0. The van der Waals surface area contributed by atoms with Gasteiger partial charge in [-0.15, -0.1) is 0 Å². The van der Waals surface area contributed by atoms with Gasteiger partial charge in [0.2, 0.25) is 0 Å². The molecular formula is C10H13NO3S. The van der Waals surface area contributed by atoms with Crippen LogP contribution >= 0.6 is 0 Å². The van der Waals surface area contributed by atoms with Gasteiger partial charge in [-0.2, -0.15) is 0 Å². The van der Waals surface area contributed by atoms with E-state index in [0.29, 0.717) is 11.3 Å². The van der Waals surface area contributed by atoms with E-state index in [0.717, 1.165) is 0 Å². The Morgan fingerprint density at radius 2 is 2.00 bits per heavy atom. The maximum Gasteiger partial charge on any atom is 0.153 e. The van der Waals surface area contributed by atoms with Gasteiger partial charge < -0.3 is 10.8 Å². The van der Waals surface area contributed by atoms with Gasteiger partial charge in [0.05, 0.1) is 11.5 Å². The molecule has 4 nitrogen and oxygen atoms in total. The zero-order valence-corrected chi connectivity index (χ0v) is 9.00. The standard InChI is InChI=1S/C10H13NO3S/c11-9-4-2-1-3-8(9)10(12)5-6-15(13,14)7-10/h1-4,12H,5-7,11H2. The summed E-state index contributed by atoms with van der Waals surface area (Å²) in [6.45, 7) is 0. The number of nitrogen functional groups attached to an aromatic ring is 1. The van der Waals surface area contributed by atoms with Crippen LogP contribution in [0.15, 0.2) is 24.3 Å². The molecule has 3 N–H and O–H groups in total. The molecule has 0 saturated carbocycles. The largest absolute Gasteiger partial charge is 0.398 e. The first kappa shape index (κ1) is 10.4. The summed E-state index contributed by atoms with van der Waals surface area (Å²) in [5, 5.41) is 10.2. The summed E-state index contributed by atoms with van der Waals surface area (Å²) in [5.74, 6) is -0.202. The summed E-state index contributed by atoms with van der Waals surface area (Å²) < 4.78 is 22.7. The molecule has 2 rings (SSSR count). The molecule has 1 unspecified atom stereocenters. The summed E-state index contributed by atoms with van der Waals surface area (Å²) >= 11 is 0. The first-order valence-electron chi connectivity index (χ1n) is 4.71. The molecule has 1 aromatic carbocycles. The lowest BCUT2D eigenvalue weighted by atomic mass is 9.92. The number of benzene rings is 1. The van der Waals surface area contributed by atoms with Crippen molar-refractivity contribution in [3.8, 4) is 0 Å².